The predicted molar refractivity (Wildman–Crippen MR) is 87.7 cm³/mol. The first-order valence-electron chi connectivity index (χ1n) is 7.72. The van der Waals surface area contributed by atoms with Crippen LogP contribution in [0.3, 0.4) is 0 Å². The molecule has 2 N–H and O–H groups in total. The van der Waals surface area contributed by atoms with Gasteiger partial charge < -0.3 is 17.3 Å². The van der Waals surface area contributed by atoms with E-state index < -0.39 is 5.97 Å². The molecule has 0 spiro atoms. The Morgan fingerprint density at radius 2 is 2.18 bits per heavy atom. The monoisotopic (exact) mass is 527 g/mol. The fraction of sp³-hybridized carbons (Fsp3) is 0.500. The van der Waals surface area contributed by atoms with E-state index in [0.717, 1.165) is 17.9 Å². The van der Waals surface area contributed by atoms with Gasteiger partial charge in [-0.2, -0.15) is 5.92 Å². The molecule has 0 aromatic rings. The van der Waals surface area contributed by atoms with Crippen molar-refractivity contribution >= 4 is 5.97 Å². The zero-order chi connectivity index (χ0) is 15.5. The second-order valence-corrected chi connectivity index (χ2v) is 5.50. The van der Waals surface area contributed by atoms with Gasteiger partial charge in [-0.25, -0.2) is 18.6 Å². The normalized spacial score (nSPS) is 18.3. The van der Waals surface area contributed by atoms with Gasteiger partial charge in [0.2, 0.25) is 0 Å². The van der Waals surface area contributed by atoms with Crippen molar-refractivity contribution in [3.8, 4) is 0 Å². The van der Waals surface area contributed by atoms with Crippen LogP contribution in [-0.2, 0) is 4.79 Å². The van der Waals surface area contributed by atoms with Gasteiger partial charge in [-0.1, -0.05) is 30.9 Å². The minimum absolute atomic E-state index is 0. The van der Waals surface area contributed by atoms with Crippen LogP contribution in [0.1, 0.15) is 39.0 Å². The van der Waals surface area contributed by atoms with Gasteiger partial charge in [0, 0.05) is 6.42 Å². The molecule has 0 atom stereocenters. The van der Waals surface area contributed by atoms with E-state index in [0.29, 0.717) is 6.42 Å². The molecule has 0 unspecified atom stereocenters. The van der Waals surface area contributed by atoms with Crippen LogP contribution < -0.4 is 5.32 Å². The third-order valence-electron chi connectivity index (χ3n) is 3.61. The van der Waals surface area contributed by atoms with Gasteiger partial charge >= 0.3 is 37.1 Å². The molecule has 1 heterocycles. The molecule has 0 saturated carbocycles. The van der Waals surface area contributed by atoms with Gasteiger partial charge in [0.1, 0.15) is 0 Å². The molecule has 1 fully saturated rings. The Kier molecular flexibility index (Phi) is 12.8. The first kappa shape index (κ1) is 21.6. The zero-order valence-corrected chi connectivity index (χ0v) is 17.6. The van der Waals surface area contributed by atoms with Crippen LogP contribution in [0.2, 0.25) is 0 Å². The molecular formula is C18H27NO2U. The molecule has 2 rings (SSSR count). The van der Waals surface area contributed by atoms with Crippen LogP contribution in [0.25, 0.3) is 0 Å². The molecule has 4 heteroatoms. The van der Waals surface area contributed by atoms with E-state index in [4.69, 9.17) is 5.11 Å². The summed E-state index contributed by atoms with van der Waals surface area (Å²) < 4.78 is 0. The molecule has 1 aliphatic heterocycles. The number of nitrogens with one attached hydrogen (secondary N) is 1. The second-order valence-electron chi connectivity index (χ2n) is 5.50. The Balaban J connectivity index is 0.000000465. The van der Waals surface area contributed by atoms with Crippen molar-refractivity contribution in [1.82, 2.24) is 5.32 Å². The fourth-order valence-corrected chi connectivity index (χ4v) is 2.22. The standard InChI is InChI=1S/C12H15O2.C6H12N.U/c1-10(6-5-9-12(13)14)11-7-3-2-4-8-11;1-6-2-4-7-5-3-6;/h2-3,6-8H,4-5,9H2,1H3,(H,13,14);6-7H,1-5H2;/q2*-1;+2/b10-6+;;. The number of carboxylic acid groups (broad SMARTS) is 1. The van der Waals surface area contributed by atoms with E-state index in [-0.39, 0.29) is 37.5 Å². The van der Waals surface area contributed by atoms with Gasteiger partial charge in [-0.15, -0.1) is 11.6 Å². The predicted octanol–water partition coefficient (Wildman–Crippen LogP) is 3.71. The molecule has 0 aromatic carbocycles. The van der Waals surface area contributed by atoms with E-state index in [2.05, 4.69) is 30.8 Å². The quantitative estimate of drug-likeness (QED) is 0.549. The minimum atomic E-state index is -0.740. The van der Waals surface area contributed by atoms with Gasteiger partial charge in [-0.3, -0.25) is 4.79 Å². The Hall–Kier alpha value is -0.428. The first-order valence-corrected chi connectivity index (χ1v) is 7.72. The maximum atomic E-state index is 10.3. The second kappa shape index (κ2) is 13.1. The maximum Gasteiger partial charge on any atom is 2.00 e. The van der Waals surface area contributed by atoms with Crippen LogP contribution in [0, 0.1) is 50.4 Å². The average molecular weight is 527 g/mol. The number of allylic oxidation sites excluding steroid dienone is 6. The fourth-order valence-electron chi connectivity index (χ4n) is 2.22. The maximum absolute atomic E-state index is 10.3. The van der Waals surface area contributed by atoms with Crippen LogP contribution in [-0.4, -0.2) is 24.2 Å². The van der Waals surface area contributed by atoms with Gasteiger partial charge in [0.05, 0.1) is 0 Å². The third kappa shape index (κ3) is 10.3. The summed E-state index contributed by atoms with van der Waals surface area (Å²) in [7, 11) is 0. The third-order valence-corrected chi connectivity index (χ3v) is 3.61. The molecule has 1 aliphatic carbocycles. The summed E-state index contributed by atoms with van der Waals surface area (Å²) >= 11 is 0. The number of carboxylic acids is 1. The molecule has 0 amide bonds. The first-order chi connectivity index (χ1) is 10.1. The molecular weight excluding hydrogens is 500 g/mol. The molecule has 3 nitrogen and oxygen atoms in total. The zero-order valence-electron chi connectivity index (χ0n) is 13.5. The molecule has 2 aliphatic rings. The Labute approximate surface area is 158 Å². The number of hydrogen-bond acceptors (Lipinski definition) is 2. The molecule has 22 heavy (non-hydrogen) atoms. The van der Waals surface area contributed by atoms with Crippen molar-refractivity contribution in [3.05, 3.63) is 48.8 Å². The summed E-state index contributed by atoms with van der Waals surface area (Å²) in [4.78, 5) is 10.3. The SMILES string of the molecule is C/C(=C\CCC(=O)O)C1=CC[CH-]C=C1.[CH2-]C1CCNCC1.[U+2]. The number of carbonyl (C=O) groups is 1. The Morgan fingerprint density at radius 3 is 2.64 bits per heavy atom. The van der Waals surface area contributed by atoms with Gasteiger partial charge in [0.15, 0.2) is 0 Å². The van der Waals surface area contributed by atoms with E-state index >= 15 is 0 Å². The summed E-state index contributed by atoms with van der Waals surface area (Å²) in [6, 6.07) is 0. The summed E-state index contributed by atoms with van der Waals surface area (Å²) in [6.45, 7) is 8.32. The Morgan fingerprint density at radius 1 is 1.50 bits per heavy atom. The van der Waals surface area contributed by atoms with Crippen molar-refractivity contribution in [3.63, 3.8) is 0 Å². The molecule has 0 aromatic heterocycles. The van der Waals surface area contributed by atoms with Gasteiger partial charge in [0.25, 0.3) is 0 Å². The van der Waals surface area contributed by atoms with Crippen LogP contribution in [0.15, 0.2) is 35.5 Å². The number of hydrogen-bond donors (Lipinski definition) is 2. The summed E-state index contributed by atoms with van der Waals surface area (Å²) in [6.07, 6.45) is 14.6. The molecule has 0 radical (unpaired) electrons. The van der Waals surface area contributed by atoms with E-state index in [1.165, 1.54) is 31.5 Å². The van der Waals surface area contributed by atoms with E-state index in [1.54, 1.807) is 0 Å². The van der Waals surface area contributed by atoms with Crippen molar-refractivity contribution in [2.24, 2.45) is 5.92 Å². The van der Waals surface area contributed by atoms with Crippen LogP contribution in [0.4, 0.5) is 0 Å². The van der Waals surface area contributed by atoms with Crippen molar-refractivity contribution in [2.75, 3.05) is 13.1 Å². The van der Waals surface area contributed by atoms with Crippen molar-refractivity contribution in [2.45, 2.75) is 39.0 Å². The number of piperidine rings is 1. The van der Waals surface area contributed by atoms with Crippen LogP contribution >= 0.6 is 0 Å². The molecule has 1 saturated heterocycles. The molecule has 0 bridgehead atoms. The number of rotatable bonds is 4. The van der Waals surface area contributed by atoms with E-state index in [1.807, 2.05) is 19.1 Å². The largest absolute Gasteiger partial charge is 2.00 e. The number of aliphatic carboxylic acids is 1. The smallest absolute Gasteiger partial charge is 0.481 e. The van der Waals surface area contributed by atoms with Crippen molar-refractivity contribution < 1.29 is 41.0 Å². The van der Waals surface area contributed by atoms with Gasteiger partial charge in [-0.05, 0) is 26.4 Å². The summed E-state index contributed by atoms with van der Waals surface area (Å²) in [5.41, 5.74) is 2.37. The summed E-state index contributed by atoms with van der Waals surface area (Å²) in [5, 5.41) is 11.7. The minimum Gasteiger partial charge on any atom is -0.481 e. The van der Waals surface area contributed by atoms with Crippen molar-refractivity contribution in [1.29, 1.82) is 0 Å². The Bertz CT molecular complexity index is 407. The van der Waals surface area contributed by atoms with Crippen LogP contribution in [0.5, 0.6) is 0 Å². The average Bonchev–Trinajstić information content (AvgIpc) is 2.49. The molecule has 120 valence electrons. The summed E-state index contributed by atoms with van der Waals surface area (Å²) in [5.74, 6) is -0.0169. The topological polar surface area (TPSA) is 49.3 Å². The van der Waals surface area contributed by atoms with E-state index in [9.17, 15) is 4.79 Å².